The zero-order chi connectivity index (χ0) is 13.1. The van der Waals surface area contributed by atoms with Crippen LogP contribution in [-0.4, -0.2) is 33.5 Å². The van der Waals surface area contributed by atoms with Crippen molar-refractivity contribution in [1.82, 2.24) is 4.98 Å². The molecule has 1 heterocycles. The number of hydrogen-bond acceptors (Lipinski definition) is 6. The van der Waals surface area contributed by atoms with Gasteiger partial charge in [0.25, 0.3) is 0 Å². The van der Waals surface area contributed by atoms with Gasteiger partial charge >= 0.3 is 5.97 Å². The Kier molecular flexibility index (Phi) is 4.17. The van der Waals surface area contributed by atoms with E-state index >= 15 is 0 Å². The Morgan fingerprint density at radius 2 is 2.29 bits per heavy atom. The summed E-state index contributed by atoms with van der Waals surface area (Å²) in [7, 11) is 0. The Hall–Kier alpha value is -1.50. The van der Waals surface area contributed by atoms with Gasteiger partial charge in [0.1, 0.15) is 11.9 Å². The van der Waals surface area contributed by atoms with Crippen LogP contribution >= 0.6 is 11.9 Å². The van der Waals surface area contributed by atoms with Crippen molar-refractivity contribution in [3.05, 3.63) is 30.1 Å². The lowest BCUT2D eigenvalue weighted by Gasteiger charge is -2.26. The van der Waals surface area contributed by atoms with Crippen molar-refractivity contribution in [3.63, 3.8) is 0 Å². The number of pyridine rings is 1. The van der Waals surface area contributed by atoms with Crippen LogP contribution in [0.2, 0.25) is 0 Å². The Labute approximate surface area is 103 Å². The van der Waals surface area contributed by atoms with Crippen LogP contribution in [0.15, 0.2) is 24.5 Å². The summed E-state index contributed by atoms with van der Waals surface area (Å²) in [6.45, 7) is 1.20. The zero-order valence-corrected chi connectivity index (χ0v) is 9.72. The number of carbonyl (C=O) groups is 2. The summed E-state index contributed by atoms with van der Waals surface area (Å²) in [4.78, 5) is 27.2. The fraction of sp³-hybridized carbons (Fsp3) is 0.300. The van der Waals surface area contributed by atoms with Crippen LogP contribution in [0.4, 0.5) is 0 Å². The number of ketones is 1. The molecular weight excluding hydrogens is 248 g/mol. The van der Waals surface area contributed by atoms with Crippen molar-refractivity contribution < 1.29 is 19.0 Å². The van der Waals surface area contributed by atoms with E-state index in [1.807, 2.05) is 0 Å². The van der Waals surface area contributed by atoms with Gasteiger partial charge in [0, 0.05) is 18.0 Å². The lowest BCUT2D eigenvalue weighted by Crippen LogP contribution is -2.62. The van der Waals surface area contributed by atoms with Crippen LogP contribution < -0.4 is 5.73 Å². The van der Waals surface area contributed by atoms with Crippen molar-refractivity contribution in [2.24, 2.45) is 5.73 Å². The number of carbonyl (C=O) groups excluding carboxylic acids is 2. The number of nitrogens with zero attached hydrogens (tertiary/aromatic N) is 1. The van der Waals surface area contributed by atoms with Crippen molar-refractivity contribution >= 4 is 23.6 Å². The Morgan fingerprint density at radius 1 is 1.65 bits per heavy atom. The van der Waals surface area contributed by atoms with Gasteiger partial charge in [-0.05, 0) is 19.1 Å². The van der Waals surface area contributed by atoms with Crippen molar-refractivity contribution in [2.75, 3.05) is 0 Å². The van der Waals surface area contributed by atoms with Gasteiger partial charge < -0.3 is 15.1 Å². The van der Waals surface area contributed by atoms with Gasteiger partial charge in [0.15, 0.2) is 5.78 Å². The second-order valence-electron chi connectivity index (χ2n) is 3.48. The maximum absolute atomic E-state index is 12.0. The number of aliphatic hydroxyl groups is 1. The molecule has 3 N–H and O–H groups in total. The standard InChI is InChI=1S/C10H11ClN2O4/c1-6(14)10(12,9(16)17-11)8(15)7-3-2-4-13-5-7/h2-6,14H,12H2,1H3/t6?,10-/m1/s1. The van der Waals surface area contributed by atoms with Crippen LogP contribution in [0.5, 0.6) is 0 Å². The minimum atomic E-state index is -2.25. The molecule has 2 atom stereocenters. The molecule has 0 radical (unpaired) electrons. The van der Waals surface area contributed by atoms with Gasteiger partial charge in [-0.1, -0.05) is 0 Å². The molecule has 6 nitrogen and oxygen atoms in total. The molecule has 0 saturated carbocycles. The highest BCUT2D eigenvalue weighted by Crippen LogP contribution is 2.17. The van der Waals surface area contributed by atoms with Crippen LogP contribution in [0.1, 0.15) is 17.3 Å². The molecule has 0 spiro atoms. The molecule has 0 saturated heterocycles. The second kappa shape index (κ2) is 5.22. The number of halogens is 1. The van der Waals surface area contributed by atoms with Crippen LogP contribution in [0.3, 0.4) is 0 Å². The van der Waals surface area contributed by atoms with E-state index < -0.39 is 23.4 Å². The van der Waals surface area contributed by atoms with Gasteiger partial charge in [0.05, 0.1) is 6.10 Å². The van der Waals surface area contributed by atoms with E-state index in [2.05, 4.69) is 9.27 Å². The molecule has 1 rings (SSSR count). The van der Waals surface area contributed by atoms with E-state index in [1.54, 1.807) is 0 Å². The molecule has 0 bridgehead atoms. The van der Waals surface area contributed by atoms with E-state index in [9.17, 15) is 14.7 Å². The third-order valence-electron chi connectivity index (χ3n) is 2.37. The quantitative estimate of drug-likeness (QED) is 0.584. The predicted molar refractivity (Wildman–Crippen MR) is 59.1 cm³/mol. The molecule has 0 aromatic carbocycles. The first-order valence-corrected chi connectivity index (χ1v) is 5.00. The number of aliphatic hydroxyl groups excluding tert-OH is 1. The third-order valence-corrected chi connectivity index (χ3v) is 2.51. The van der Waals surface area contributed by atoms with Crippen molar-refractivity contribution in [1.29, 1.82) is 0 Å². The summed E-state index contributed by atoms with van der Waals surface area (Å²) in [5, 5.41) is 9.48. The molecule has 1 aromatic heterocycles. The van der Waals surface area contributed by atoms with Gasteiger partial charge in [-0.25, -0.2) is 4.79 Å². The second-order valence-corrected chi connectivity index (χ2v) is 3.63. The fourth-order valence-corrected chi connectivity index (χ4v) is 1.38. The van der Waals surface area contributed by atoms with Crippen molar-refractivity contribution in [3.8, 4) is 0 Å². The molecular formula is C10H11ClN2O4. The minimum absolute atomic E-state index is 0.0815. The summed E-state index contributed by atoms with van der Waals surface area (Å²) in [6, 6.07) is 2.92. The highest BCUT2D eigenvalue weighted by Gasteiger charge is 2.48. The highest BCUT2D eigenvalue weighted by molar-refractivity contribution is 6.22. The first-order chi connectivity index (χ1) is 7.94. The topological polar surface area (TPSA) is 103 Å². The summed E-state index contributed by atoms with van der Waals surface area (Å²) in [5.74, 6) is -2.03. The van der Waals surface area contributed by atoms with E-state index in [0.29, 0.717) is 0 Å². The summed E-state index contributed by atoms with van der Waals surface area (Å²) < 4.78 is 3.93. The molecule has 0 fully saturated rings. The molecule has 1 aromatic rings. The van der Waals surface area contributed by atoms with Crippen LogP contribution in [-0.2, 0) is 9.08 Å². The van der Waals surface area contributed by atoms with Crippen LogP contribution in [0, 0.1) is 0 Å². The van der Waals surface area contributed by atoms with E-state index in [-0.39, 0.29) is 5.56 Å². The van der Waals surface area contributed by atoms with E-state index in [4.69, 9.17) is 17.6 Å². The van der Waals surface area contributed by atoms with Crippen molar-refractivity contribution in [2.45, 2.75) is 18.6 Å². The van der Waals surface area contributed by atoms with E-state index in [0.717, 1.165) is 0 Å². The molecule has 0 amide bonds. The fourth-order valence-electron chi connectivity index (χ4n) is 1.25. The minimum Gasteiger partial charge on any atom is -0.390 e. The van der Waals surface area contributed by atoms with Gasteiger partial charge in [-0.2, -0.15) is 0 Å². The normalized spacial score (nSPS) is 15.8. The number of aromatic nitrogens is 1. The molecule has 0 aliphatic carbocycles. The van der Waals surface area contributed by atoms with Gasteiger partial charge in [-0.15, -0.1) is 0 Å². The summed E-state index contributed by atoms with van der Waals surface area (Å²) in [5.41, 5.74) is 3.42. The summed E-state index contributed by atoms with van der Waals surface area (Å²) in [6.07, 6.45) is 1.23. The number of Topliss-reactive ketones (excluding diaryl/α,β-unsaturated/α-hetero) is 1. The smallest absolute Gasteiger partial charge is 0.355 e. The lowest BCUT2D eigenvalue weighted by molar-refractivity contribution is -0.141. The van der Waals surface area contributed by atoms with E-state index in [1.165, 1.54) is 31.5 Å². The largest absolute Gasteiger partial charge is 0.390 e. The molecule has 1 unspecified atom stereocenters. The lowest BCUT2D eigenvalue weighted by atomic mass is 9.86. The Bertz CT molecular complexity index is 424. The summed E-state index contributed by atoms with van der Waals surface area (Å²) >= 11 is 4.90. The SMILES string of the molecule is CC(O)[C@](N)(C(=O)OCl)C(=O)c1cccnc1. The number of hydrogen-bond donors (Lipinski definition) is 2. The van der Waals surface area contributed by atoms with Gasteiger partial charge in [-0.3, -0.25) is 9.78 Å². The Morgan fingerprint density at radius 3 is 2.71 bits per heavy atom. The first kappa shape index (κ1) is 13.6. The average Bonchev–Trinajstić information content (AvgIpc) is 2.36. The number of rotatable bonds is 4. The maximum Gasteiger partial charge on any atom is 0.355 e. The Balaban J connectivity index is 3.18. The average molecular weight is 259 g/mol. The predicted octanol–water partition coefficient (Wildman–Crippen LogP) is 0.0396. The highest BCUT2D eigenvalue weighted by atomic mass is 35.5. The third kappa shape index (κ3) is 2.44. The monoisotopic (exact) mass is 258 g/mol. The molecule has 92 valence electrons. The molecule has 7 heteroatoms. The molecule has 0 aliphatic heterocycles. The maximum atomic E-state index is 12.0. The molecule has 0 aliphatic rings. The first-order valence-electron chi connectivity index (χ1n) is 4.69. The molecule has 17 heavy (non-hydrogen) atoms. The van der Waals surface area contributed by atoms with Crippen LogP contribution in [0.25, 0.3) is 0 Å². The zero-order valence-electron chi connectivity index (χ0n) is 8.96. The number of nitrogens with two attached hydrogens (primary N) is 1. The van der Waals surface area contributed by atoms with Gasteiger partial charge in [0.2, 0.25) is 5.54 Å².